The Kier molecular flexibility index (Phi) is 4.94. The van der Waals surface area contributed by atoms with Gasteiger partial charge >= 0.3 is 0 Å². The molecule has 0 aromatic heterocycles. The predicted molar refractivity (Wildman–Crippen MR) is 79.9 cm³/mol. The number of nitrogens with zero attached hydrogens (tertiary/aromatic N) is 1. The summed E-state index contributed by atoms with van der Waals surface area (Å²) in [5.41, 5.74) is 10.2. The lowest BCUT2D eigenvalue weighted by atomic mass is 9.85. The maximum atomic E-state index is 5.82. The van der Waals surface area contributed by atoms with Crippen molar-refractivity contribution in [1.29, 1.82) is 0 Å². The summed E-state index contributed by atoms with van der Waals surface area (Å²) in [5.74, 6) is 0. The first-order valence-corrected chi connectivity index (χ1v) is 6.74. The van der Waals surface area contributed by atoms with E-state index in [1.54, 1.807) is 0 Å². The van der Waals surface area contributed by atoms with Crippen LogP contribution in [0.5, 0.6) is 0 Å². The van der Waals surface area contributed by atoms with E-state index in [-0.39, 0.29) is 11.5 Å². The third-order valence-corrected chi connectivity index (χ3v) is 3.25. The third-order valence-electron chi connectivity index (χ3n) is 3.25. The van der Waals surface area contributed by atoms with Crippen molar-refractivity contribution < 1.29 is 0 Å². The molecule has 0 saturated heterocycles. The van der Waals surface area contributed by atoms with Crippen LogP contribution in [0.3, 0.4) is 0 Å². The van der Waals surface area contributed by atoms with E-state index in [2.05, 4.69) is 57.8 Å². The average Bonchev–Trinajstić information content (AvgIpc) is 2.18. The number of rotatable bonds is 4. The monoisotopic (exact) mass is 248 g/mol. The van der Waals surface area contributed by atoms with E-state index in [4.69, 9.17) is 5.73 Å². The summed E-state index contributed by atoms with van der Waals surface area (Å²) in [4.78, 5) is 2.28. The maximum absolute atomic E-state index is 5.82. The highest BCUT2D eigenvalue weighted by Gasteiger charge is 2.14. The van der Waals surface area contributed by atoms with Crippen molar-refractivity contribution in [2.45, 2.75) is 52.6 Å². The van der Waals surface area contributed by atoms with Crippen molar-refractivity contribution in [3.8, 4) is 0 Å². The largest absolute Gasteiger partial charge is 0.327 e. The van der Waals surface area contributed by atoms with E-state index in [0.29, 0.717) is 0 Å². The maximum Gasteiger partial charge on any atom is 0.0233 e. The predicted octanol–water partition coefficient (Wildman–Crippen LogP) is 3.07. The van der Waals surface area contributed by atoms with E-state index < -0.39 is 0 Å². The van der Waals surface area contributed by atoms with Gasteiger partial charge in [-0.3, -0.25) is 0 Å². The molecule has 1 atom stereocenters. The first kappa shape index (κ1) is 15.2. The molecule has 0 aliphatic carbocycles. The average molecular weight is 248 g/mol. The molecule has 0 fully saturated rings. The first-order valence-electron chi connectivity index (χ1n) is 6.74. The SMILES string of the molecule is Cc1cc(C(C)(C)C)ccc1CN(C)CC(C)N. The zero-order valence-electron chi connectivity index (χ0n) is 12.7. The quantitative estimate of drug-likeness (QED) is 0.887. The Morgan fingerprint density at radius 2 is 1.89 bits per heavy atom. The molecular weight excluding hydrogens is 220 g/mol. The number of nitrogens with two attached hydrogens (primary N) is 1. The number of hydrogen-bond acceptors (Lipinski definition) is 2. The Balaban J connectivity index is 2.80. The molecule has 2 heteroatoms. The van der Waals surface area contributed by atoms with Gasteiger partial charge in [-0.2, -0.15) is 0 Å². The molecule has 0 aliphatic rings. The van der Waals surface area contributed by atoms with Crippen LogP contribution in [0.2, 0.25) is 0 Å². The van der Waals surface area contributed by atoms with Crippen molar-refractivity contribution in [1.82, 2.24) is 4.90 Å². The number of benzene rings is 1. The summed E-state index contributed by atoms with van der Waals surface area (Å²) >= 11 is 0. The summed E-state index contributed by atoms with van der Waals surface area (Å²) in [6, 6.07) is 7.05. The molecule has 102 valence electrons. The lowest BCUT2D eigenvalue weighted by molar-refractivity contribution is 0.309. The molecule has 1 aromatic rings. The van der Waals surface area contributed by atoms with Gasteiger partial charge in [0.05, 0.1) is 0 Å². The van der Waals surface area contributed by atoms with Crippen LogP contribution in [0, 0.1) is 6.92 Å². The Labute approximate surface area is 112 Å². The van der Waals surface area contributed by atoms with Crippen LogP contribution < -0.4 is 5.73 Å². The number of aryl methyl sites for hydroxylation is 1. The van der Waals surface area contributed by atoms with Crippen molar-refractivity contribution in [2.75, 3.05) is 13.6 Å². The van der Waals surface area contributed by atoms with Crippen LogP contribution in [0.4, 0.5) is 0 Å². The van der Waals surface area contributed by atoms with E-state index in [9.17, 15) is 0 Å². The molecule has 0 aliphatic heterocycles. The van der Waals surface area contributed by atoms with Crippen LogP contribution in [-0.4, -0.2) is 24.5 Å². The highest BCUT2D eigenvalue weighted by molar-refractivity contribution is 5.34. The summed E-state index contributed by atoms with van der Waals surface area (Å²) in [5, 5.41) is 0. The molecule has 0 heterocycles. The third kappa shape index (κ3) is 4.43. The molecule has 2 N–H and O–H groups in total. The Bertz CT molecular complexity index is 389. The van der Waals surface area contributed by atoms with Crippen molar-refractivity contribution in [2.24, 2.45) is 5.73 Å². The molecule has 0 amide bonds. The van der Waals surface area contributed by atoms with Crippen LogP contribution in [0.15, 0.2) is 18.2 Å². The van der Waals surface area contributed by atoms with Crippen LogP contribution in [0.25, 0.3) is 0 Å². The van der Waals surface area contributed by atoms with Crippen molar-refractivity contribution in [3.05, 3.63) is 34.9 Å². The molecule has 0 saturated carbocycles. The minimum Gasteiger partial charge on any atom is -0.327 e. The van der Waals surface area contributed by atoms with E-state index in [1.165, 1.54) is 16.7 Å². The van der Waals surface area contributed by atoms with Gasteiger partial charge in [-0.05, 0) is 43.0 Å². The zero-order valence-corrected chi connectivity index (χ0v) is 12.7. The van der Waals surface area contributed by atoms with Gasteiger partial charge in [0.2, 0.25) is 0 Å². The summed E-state index contributed by atoms with van der Waals surface area (Å²) < 4.78 is 0. The van der Waals surface area contributed by atoms with Gasteiger partial charge in [0, 0.05) is 19.1 Å². The molecule has 0 bridgehead atoms. The molecule has 0 spiro atoms. The van der Waals surface area contributed by atoms with Crippen LogP contribution in [0.1, 0.15) is 44.4 Å². The van der Waals surface area contributed by atoms with E-state index in [0.717, 1.165) is 13.1 Å². The second-order valence-electron chi connectivity index (χ2n) is 6.57. The smallest absolute Gasteiger partial charge is 0.0233 e. The highest BCUT2D eigenvalue weighted by Crippen LogP contribution is 2.24. The van der Waals surface area contributed by atoms with E-state index in [1.807, 2.05) is 6.92 Å². The first-order chi connectivity index (χ1) is 8.20. The summed E-state index contributed by atoms with van der Waals surface area (Å²) in [6.07, 6.45) is 0. The fraction of sp³-hybridized carbons (Fsp3) is 0.625. The lowest BCUT2D eigenvalue weighted by Crippen LogP contribution is -2.32. The van der Waals surface area contributed by atoms with Gasteiger partial charge in [-0.15, -0.1) is 0 Å². The van der Waals surface area contributed by atoms with Crippen LogP contribution in [-0.2, 0) is 12.0 Å². The topological polar surface area (TPSA) is 29.3 Å². The molecule has 2 nitrogen and oxygen atoms in total. The lowest BCUT2D eigenvalue weighted by Gasteiger charge is -2.23. The second-order valence-corrected chi connectivity index (χ2v) is 6.57. The van der Waals surface area contributed by atoms with Gasteiger partial charge in [-0.1, -0.05) is 39.0 Å². The van der Waals surface area contributed by atoms with Gasteiger partial charge in [0.1, 0.15) is 0 Å². The van der Waals surface area contributed by atoms with E-state index >= 15 is 0 Å². The fourth-order valence-corrected chi connectivity index (χ4v) is 2.19. The normalized spacial score (nSPS) is 14.0. The minimum atomic E-state index is 0.223. The van der Waals surface area contributed by atoms with Gasteiger partial charge in [0.25, 0.3) is 0 Å². The highest BCUT2D eigenvalue weighted by atomic mass is 15.1. The molecule has 1 aromatic carbocycles. The molecule has 18 heavy (non-hydrogen) atoms. The Morgan fingerprint density at radius 1 is 1.28 bits per heavy atom. The number of likely N-dealkylation sites (N-methyl/N-ethyl adjacent to an activating group) is 1. The summed E-state index contributed by atoms with van der Waals surface area (Å²) in [6.45, 7) is 12.9. The molecule has 1 unspecified atom stereocenters. The van der Waals surface area contributed by atoms with Gasteiger partial charge in [-0.25, -0.2) is 0 Å². The Hall–Kier alpha value is -0.860. The molecule has 1 rings (SSSR count). The molecular formula is C16H28N2. The van der Waals surface area contributed by atoms with Crippen molar-refractivity contribution in [3.63, 3.8) is 0 Å². The second kappa shape index (κ2) is 5.85. The number of hydrogen-bond donors (Lipinski definition) is 1. The summed E-state index contributed by atoms with van der Waals surface area (Å²) in [7, 11) is 2.13. The van der Waals surface area contributed by atoms with Crippen molar-refractivity contribution >= 4 is 0 Å². The standard InChI is InChI=1S/C16H28N2/c1-12-9-15(16(3,4)5)8-7-14(12)11-18(6)10-13(2)17/h7-9,13H,10-11,17H2,1-6H3. The van der Waals surface area contributed by atoms with Gasteiger partial charge < -0.3 is 10.6 Å². The van der Waals surface area contributed by atoms with Gasteiger partial charge in [0.15, 0.2) is 0 Å². The minimum absolute atomic E-state index is 0.223. The zero-order chi connectivity index (χ0) is 13.9. The molecule has 0 radical (unpaired) electrons. The fourth-order valence-electron chi connectivity index (χ4n) is 2.19. The van der Waals surface area contributed by atoms with Crippen LogP contribution >= 0.6 is 0 Å². The Morgan fingerprint density at radius 3 is 2.33 bits per heavy atom.